The molecule has 0 spiro atoms. The van der Waals surface area contributed by atoms with Crippen LogP contribution in [0.5, 0.6) is 0 Å². The van der Waals surface area contributed by atoms with Crippen molar-refractivity contribution in [3.8, 4) is 11.4 Å². The minimum Gasteiger partial charge on any atom is -0.342 e. The lowest BCUT2D eigenvalue weighted by Crippen LogP contribution is -2.45. The number of nitrogens with zero attached hydrogens (tertiary/aromatic N) is 3. The van der Waals surface area contributed by atoms with Gasteiger partial charge >= 0.3 is 0 Å². The number of hydrogen-bond acceptors (Lipinski definition) is 3. The van der Waals surface area contributed by atoms with E-state index in [4.69, 9.17) is 4.98 Å². The number of imidazole rings is 1. The van der Waals surface area contributed by atoms with Gasteiger partial charge in [0.1, 0.15) is 5.82 Å². The largest absolute Gasteiger partial charge is 0.342 e. The fourth-order valence-electron chi connectivity index (χ4n) is 3.54. The number of hydrogen-bond donors (Lipinski definition) is 1. The lowest BCUT2D eigenvalue weighted by atomic mass is 10.2. The maximum absolute atomic E-state index is 4.85. The highest BCUT2D eigenvalue weighted by Crippen LogP contribution is 2.19. The molecule has 0 amide bonds. The molecule has 0 bridgehead atoms. The first-order chi connectivity index (χ1) is 12.8. The molecule has 0 unspecified atom stereocenters. The Balaban J connectivity index is 1.34. The van der Waals surface area contributed by atoms with Gasteiger partial charge < -0.3 is 4.98 Å². The van der Waals surface area contributed by atoms with Crippen molar-refractivity contribution in [3.05, 3.63) is 77.6 Å². The van der Waals surface area contributed by atoms with Crippen LogP contribution in [0, 0.1) is 6.92 Å². The van der Waals surface area contributed by atoms with E-state index in [1.165, 1.54) is 17.0 Å². The lowest BCUT2D eigenvalue weighted by Gasteiger charge is -2.34. The third kappa shape index (κ3) is 4.03. The summed E-state index contributed by atoms with van der Waals surface area (Å²) in [4.78, 5) is 13.3. The molecule has 1 saturated heterocycles. The van der Waals surface area contributed by atoms with E-state index in [0.717, 1.165) is 50.7 Å². The average molecular weight is 346 g/mol. The zero-order valence-electron chi connectivity index (χ0n) is 15.4. The summed E-state index contributed by atoms with van der Waals surface area (Å²) in [5.41, 5.74) is 4.89. The molecule has 0 radical (unpaired) electrons. The third-order valence-corrected chi connectivity index (χ3v) is 5.12. The molecule has 3 aromatic rings. The van der Waals surface area contributed by atoms with Gasteiger partial charge in [-0.3, -0.25) is 9.80 Å². The average Bonchev–Trinajstić information content (AvgIpc) is 3.05. The van der Waals surface area contributed by atoms with E-state index in [-0.39, 0.29) is 0 Å². The van der Waals surface area contributed by atoms with E-state index in [1.807, 2.05) is 6.07 Å². The monoisotopic (exact) mass is 346 g/mol. The van der Waals surface area contributed by atoms with Crippen LogP contribution in [-0.2, 0) is 13.1 Å². The first kappa shape index (κ1) is 17.0. The molecule has 1 aromatic heterocycles. The fraction of sp³-hybridized carbons (Fsp3) is 0.318. The van der Waals surface area contributed by atoms with Crippen LogP contribution in [0.25, 0.3) is 11.4 Å². The molecule has 1 fully saturated rings. The Morgan fingerprint density at radius 2 is 1.38 bits per heavy atom. The molecule has 134 valence electrons. The van der Waals surface area contributed by atoms with Crippen molar-refractivity contribution in [2.45, 2.75) is 20.0 Å². The van der Waals surface area contributed by atoms with Crippen LogP contribution in [-0.4, -0.2) is 45.9 Å². The van der Waals surface area contributed by atoms with Crippen molar-refractivity contribution in [2.75, 3.05) is 26.2 Å². The van der Waals surface area contributed by atoms with Crippen LogP contribution >= 0.6 is 0 Å². The van der Waals surface area contributed by atoms with Crippen molar-refractivity contribution in [3.63, 3.8) is 0 Å². The molecule has 4 nitrogen and oxygen atoms in total. The Kier molecular flexibility index (Phi) is 5.14. The summed E-state index contributed by atoms with van der Waals surface area (Å²) in [6.45, 7) is 8.52. The molecule has 1 aliphatic heterocycles. The normalized spacial score (nSPS) is 16.0. The Hall–Kier alpha value is -2.43. The van der Waals surface area contributed by atoms with Gasteiger partial charge in [0, 0.05) is 50.5 Å². The molecule has 0 aliphatic carbocycles. The summed E-state index contributed by atoms with van der Waals surface area (Å²) in [6.07, 6.45) is 0. The van der Waals surface area contributed by atoms with E-state index < -0.39 is 0 Å². The number of H-pyrrole nitrogens is 1. The van der Waals surface area contributed by atoms with Gasteiger partial charge in [0.05, 0.1) is 5.69 Å². The van der Waals surface area contributed by atoms with Crippen molar-refractivity contribution < 1.29 is 0 Å². The van der Waals surface area contributed by atoms with Gasteiger partial charge in [0.2, 0.25) is 0 Å². The number of aryl methyl sites for hydroxylation is 1. The maximum Gasteiger partial charge on any atom is 0.137 e. The Labute approximate surface area is 155 Å². The van der Waals surface area contributed by atoms with Gasteiger partial charge in [-0.15, -0.1) is 0 Å². The van der Waals surface area contributed by atoms with Gasteiger partial charge in [-0.25, -0.2) is 4.98 Å². The van der Waals surface area contributed by atoms with Gasteiger partial charge in [0.25, 0.3) is 0 Å². The third-order valence-electron chi connectivity index (χ3n) is 5.12. The molecule has 1 aliphatic rings. The summed E-state index contributed by atoms with van der Waals surface area (Å²) in [5, 5.41) is 0. The van der Waals surface area contributed by atoms with E-state index in [1.54, 1.807) is 0 Å². The number of rotatable bonds is 5. The smallest absolute Gasteiger partial charge is 0.137 e. The second-order valence-electron chi connectivity index (χ2n) is 7.06. The summed E-state index contributed by atoms with van der Waals surface area (Å²) < 4.78 is 0. The van der Waals surface area contributed by atoms with Gasteiger partial charge in [-0.1, -0.05) is 60.7 Å². The summed E-state index contributed by atoms with van der Waals surface area (Å²) in [7, 11) is 0. The highest BCUT2D eigenvalue weighted by atomic mass is 15.3. The highest BCUT2D eigenvalue weighted by Gasteiger charge is 2.19. The van der Waals surface area contributed by atoms with Crippen LogP contribution in [0.2, 0.25) is 0 Å². The number of aromatic amines is 1. The van der Waals surface area contributed by atoms with Crippen molar-refractivity contribution >= 4 is 0 Å². The molecule has 2 aromatic carbocycles. The first-order valence-corrected chi connectivity index (χ1v) is 9.37. The molecule has 0 atom stereocenters. The zero-order valence-corrected chi connectivity index (χ0v) is 15.4. The topological polar surface area (TPSA) is 35.2 Å². The van der Waals surface area contributed by atoms with Crippen LogP contribution in [0.4, 0.5) is 0 Å². The van der Waals surface area contributed by atoms with E-state index in [2.05, 4.69) is 76.3 Å². The zero-order chi connectivity index (χ0) is 17.8. The SMILES string of the molecule is Cc1[nH]c(-c2ccccc2)nc1CN1CCN(Cc2ccccc2)CC1. The second kappa shape index (κ2) is 7.85. The predicted molar refractivity (Wildman–Crippen MR) is 106 cm³/mol. The fourth-order valence-corrected chi connectivity index (χ4v) is 3.54. The Morgan fingerprint density at radius 3 is 2.04 bits per heavy atom. The van der Waals surface area contributed by atoms with Crippen LogP contribution in [0.15, 0.2) is 60.7 Å². The molecule has 26 heavy (non-hydrogen) atoms. The van der Waals surface area contributed by atoms with Crippen molar-refractivity contribution in [1.29, 1.82) is 0 Å². The molecule has 4 heteroatoms. The second-order valence-corrected chi connectivity index (χ2v) is 7.06. The van der Waals surface area contributed by atoms with Gasteiger partial charge in [0.15, 0.2) is 0 Å². The summed E-state index contributed by atoms with van der Waals surface area (Å²) in [5.74, 6) is 0.973. The standard InChI is InChI=1S/C22H26N4/c1-18-21(24-22(23-18)20-10-6-3-7-11-20)17-26-14-12-25(13-15-26)16-19-8-4-2-5-9-19/h2-11H,12-17H2,1H3,(H,23,24). The van der Waals surface area contributed by atoms with Crippen molar-refractivity contribution in [1.82, 2.24) is 19.8 Å². The molecule has 4 rings (SSSR count). The number of nitrogens with one attached hydrogen (secondary N) is 1. The maximum atomic E-state index is 4.85. The molecule has 1 N–H and O–H groups in total. The molecular weight excluding hydrogens is 320 g/mol. The highest BCUT2D eigenvalue weighted by molar-refractivity contribution is 5.55. The van der Waals surface area contributed by atoms with Gasteiger partial charge in [-0.05, 0) is 12.5 Å². The van der Waals surface area contributed by atoms with Crippen LogP contribution in [0.1, 0.15) is 17.0 Å². The Bertz CT molecular complexity index is 818. The summed E-state index contributed by atoms with van der Waals surface area (Å²) >= 11 is 0. The minimum atomic E-state index is 0.925. The summed E-state index contributed by atoms with van der Waals surface area (Å²) in [6, 6.07) is 21.1. The molecule has 2 heterocycles. The van der Waals surface area contributed by atoms with E-state index in [9.17, 15) is 0 Å². The van der Waals surface area contributed by atoms with Crippen molar-refractivity contribution in [2.24, 2.45) is 0 Å². The number of benzene rings is 2. The molecular formula is C22H26N4. The van der Waals surface area contributed by atoms with Gasteiger partial charge in [-0.2, -0.15) is 0 Å². The number of aromatic nitrogens is 2. The quantitative estimate of drug-likeness (QED) is 0.765. The van der Waals surface area contributed by atoms with E-state index in [0.29, 0.717) is 0 Å². The molecule has 0 saturated carbocycles. The predicted octanol–water partition coefficient (Wildman–Crippen LogP) is 3.70. The van der Waals surface area contributed by atoms with E-state index >= 15 is 0 Å². The minimum absolute atomic E-state index is 0.925. The van der Waals surface area contributed by atoms with Crippen LogP contribution < -0.4 is 0 Å². The lowest BCUT2D eigenvalue weighted by molar-refractivity contribution is 0.121. The Morgan fingerprint density at radius 1 is 0.808 bits per heavy atom. The van der Waals surface area contributed by atoms with Crippen LogP contribution in [0.3, 0.4) is 0 Å². The first-order valence-electron chi connectivity index (χ1n) is 9.37. The number of piperazine rings is 1.